The molecule has 0 fully saturated rings. The van der Waals surface area contributed by atoms with Gasteiger partial charge in [0, 0.05) is 6.42 Å². The number of nitrogens with one attached hydrogen (secondary N) is 1. The zero-order valence-corrected chi connectivity index (χ0v) is 13.0. The second kappa shape index (κ2) is 7.26. The molecule has 0 bridgehead atoms. The second-order valence-electron chi connectivity index (χ2n) is 6.36. The van der Waals surface area contributed by atoms with Crippen molar-refractivity contribution in [1.29, 1.82) is 0 Å². The molecule has 1 aromatic rings. The van der Waals surface area contributed by atoms with Gasteiger partial charge in [0.25, 0.3) is 0 Å². The predicted octanol–water partition coefficient (Wildman–Crippen LogP) is 1.47. The molecule has 1 unspecified atom stereocenters. The number of hydrogen-bond acceptors (Lipinski definition) is 4. The SMILES string of the molecule is CC(C)(C)C(CC(=O)N[C@@H](CO)C(=O)O)c1ccc(O)cc1. The maximum absolute atomic E-state index is 12.1. The lowest BCUT2D eigenvalue weighted by Crippen LogP contribution is -2.44. The number of aromatic hydroxyl groups is 1. The van der Waals surface area contributed by atoms with Crippen molar-refractivity contribution in [2.45, 2.75) is 39.2 Å². The summed E-state index contributed by atoms with van der Waals surface area (Å²) in [6.45, 7) is 5.30. The third kappa shape index (κ3) is 5.04. The average Bonchev–Trinajstić information content (AvgIpc) is 2.42. The quantitative estimate of drug-likeness (QED) is 0.636. The zero-order valence-electron chi connectivity index (χ0n) is 13.0. The predicted molar refractivity (Wildman–Crippen MR) is 81.6 cm³/mol. The molecular formula is C16H23NO5. The zero-order chi connectivity index (χ0) is 16.9. The molecule has 0 aliphatic rings. The first-order valence-corrected chi connectivity index (χ1v) is 7.07. The van der Waals surface area contributed by atoms with Crippen molar-refractivity contribution < 1.29 is 24.9 Å². The van der Waals surface area contributed by atoms with Gasteiger partial charge in [-0.2, -0.15) is 0 Å². The molecule has 0 aliphatic carbocycles. The van der Waals surface area contributed by atoms with E-state index in [1.54, 1.807) is 24.3 Å². The van der Waals surface area contributed by atoms with E-state index in [0.29, 0.717) is 0 Å². The molecule has 1 aromatic carbocycles. The Hall–Kier alpha value is -2.08. The standard InChI is InChI=1S/C16H23NO5/c1-16(2,3)12(10-4-6-11(19)7-5-10)8-14(20)17-13(9-18)15(21)22/h4-7,12-13,18-19H,8-9H2,1-3H3,(H,17,20)(H,21,22)/t12?,13-/m0/s1. The normalized spacial score (nSPS) is 14.2. The molecule has 6 nitrogen and oxygen atoms in total. The highest BCUT2D eigenvalue weighted by atomic mass is 16.4. The van der Waals surface area contributed by atoms with Crippen LogP contribution in [0.3, 0.4) is 0 Å². The fourth-order valence-corrected chi connectivity index (χ4v) is 2.25. The summed E-state index contributed by atoms with van der Waals surface area (Å²) in [4.78, 5) is 22.9. The van der Waals surface area contributed by atoms with Gasteiger partial charge >= 0.3 is 5.97 Å². The summed E-state index contributed by atoms with van der Waals surface area (Å²) in [5.74, 6) is -1.71. The highest BCUT2D eigenvalue weighted by Crippen LogP contribution is 2.38. The van der Waals surface area contributed by atoms with Crippen LogP contribution >= 0.6 is 0 Å². The van der Waals surface area contributed by atoms with E-state index in [9.17, 15) is 14.7 Å². The molecule has 0 spiro atoms. The van der Waals surface area contributed by atoms with Crippen molar-refractivity contribution >= 4 is 11.9 Å². The molecule has 122 valence electrons. The van der Waals surface area contributed by atoms with E-state index in [4.69, 9.17) is 10.2 Å². The van der Waals surface area contributed by atoms with Crippen LogP contribution in [0.25, 0.3) is 0 Å². The van der Waals surface area contributed by atoms with Gasteiger partial charge in [0.2, 0.25) is 5.91 Å². The fourth-order valence-electron chi connectivity index (χ4n) is 2.25. The van der Waals surface area contributed by atoms with E-state index in [1.165, 1.54) is 0 Å². The summed E-state index contributed by atoms with van der Waals surface area (Å²) >= 11 is 0. The van der Waals surface area contributed by atoms with Crippen LogP contribution in [-0.2, 0) is 9.59 Å². The molecule has 0 aromatic heterocycles. The minimum absolute atomic E-state index is 0.0953. The van der Waals surface area contributed by atoms with E-state index < -0.39 is 24.5 Å². The third-order valence-corrected chi connectivity index (χ3v) is 3.55. The number of hydrogen-bond donors (Lipinski definition) is 4. The van der Waals surface area contributed by atoms with Crippen LogP contribution in [0.2, 0.25) is 0 Å². The first-order chi connectivity index (χ1) is 10.1. The van der Waals surface area contributed by atoms with Crippen LogP contribution in [0, 0.1) is 5.41 Å². The largest absolute Gasteiger partial charge is 0.508 e. The molecular weight excluding hydrogens is 286 g/mol. The molecule has 1 amide bonds. The van der Waals surface area contributed by atoms with Crippen LogP contribution < -0.4 is 5.32 Å². The van der Waals surface area contributed by atoms with Gasteiger partial charge in [0.15, 0.2) is 0 Å². The number of carbonyl (C=O) groups excluding carboxylic acids is 1. The molecule has 0 radical (unpaired) electrons. The Bertz CT molecular complexity index is 518. The number of rotatable bonds is 6. The highest BCUT2D eigenvalue weighted by molar-refractivity contribution is 5.84. The lowest BCUT2D eigenvalue weighted by molar-refractivity contribution is -0.143. The Morgan fingerprint density at radius 1 is 1.18 bits per heavy atom. The number of aliphatic carboxylic acids is 1. The number of amides is 1. The summed E-state index contributed by atoms with van der Waals surface area (Å²) in [5.41, 5.74) is 0.656. The average molecular weight is 309 g/mol. The van der Waals surface area contributed by atoms with Crippen molar-refractivity contribution in [1.82, 2.24) is 5.32 Å². The van der Waals surface area contributed by atoms with Gasteiger partial charge < -0.3 is 20.6 Å². The molecule has 0 aliphatic heterocycles. The lowest BCUT2D eigenvalue weighted by atomic mass is 9.74. The van der Waals surface area contributed by atoms with E-state index in [2.05, 4.69) is 5.32 Å². The van der Waals surface area contributed by atoms with Crippen LogP contribution in [0.1, 0.15) is 38.7 Å². The number of phenols is 1. The van der Waals surface area contributed by atoms with Gasteiger partial charge in [-0.05, 0) is 29.0 Å². The van der Waals surface area contributed by atoms with Crippen molar-refractivity contribution in [3.05, 3.63) is 29.8 Å². The van der Waals surface area contributed by atoms with Gasteiger partial charge in [0.05, 0.1) is 6.61 Å². The van der Waals surface area contributed by atoms with Crippen molar-refractivity contribution in [2.75, 3.05) is 6.61 Å². The van der Waals surface area contributed by atoms with Gasteiger partial charge in [-0.25, -0.2) is 4.79 Å². The Morgan fingerprint density at radius 2 is 1.73 bits per heavy atom. The molecule has 6 heteroatoms. The first kappa shape index (κ1) is 18.0. The summed E-state index contributed by atoms with van der Waals surface area (Å²) in [7, 11) is 0. The number of carboxylic acid groups (broad SMARTS) is 1. The number of benzene rings is 1. The van der Waals surface area contributed by atoms with E-state index in [1.807, 2.05) is 20.8 Å². The maximum Gasteiger partial charge on any atom is 0.328 e. The first-order valence-electron chi connectivity index (χ1n) is 7.07. The minimum Gasteiger partial charge on any atom is -0.508 e. The number of aliphatic hydroxyl groups excluding tert-OH is 1. The Morgan fingerprint density at radius 3 is 2.14 bits per heavy atom. The highest BCUT2D eigenvalue weighted by Gasteiger charge is 2.30. The van der Waals surface area contributed by atoms with Crippen LogP contribution in [-0.4, -0.2) is 39.8 Å². The van der Waals surface area contributed by atoms with Gasteiger partial charge in [-0.3, -0.25) is 4.79 Å². The Kier molecular flexibility index (Phi) is 5.93. The number of carbonyl (C=O) groups is 2. The third-order valence-electron chi connectivity index (χ3n) is 3.55. The smallest absolute Gasteiger partial charge is 0.328 e. The molecule has 0 saturated heterocycles. The fraction of sp³-hybridized carbons (Fsp3) is 0.500. The van der Waals surface area contributed by atoms with Crippen LogP contribution in [0.4, 0.5) is 0 Å². The molecule has 0 saturated carbocycles. The molecule has 0 heterocycles. The molecule has 1 rings (SSSR count). The van der Waals surface area contributed by atoms with E-state index in [-0.39, 0.29) is 23.5 Å². The van der Waals surface area contributed by atoms with Crippen molar-refractivity contribution in [2.24, 2.45) is 5.41 Å². The number of phenolic OH excluding ortho intramolecular Hbond substituents is 1. The van der Waals surface area contributed by atoms with Crippen molar-refractivity contribution in [3.63, 3.8) is 0 Å². The molecule has 2 atom stereocenters. The van der Waals surface area contributed by atoms with Crippen molar-refractivity contribution in [3.8, 4) is 5.75 Å². The number of carboxylic acids is 1. The van der Waals surface area contributed by atoms with Gasteiger partial charge in [-0.1, -0.05) is 32.9 Å². The Balaban J connectivity index is 2.89. The maximum atomic E-state index is 12.1. The summed E-state index contributed by atoms with van der Waals surface area (Å²) in [5, 5.41) is 29.5. The second-order valence-corrected chi connectivity index (χ2v) is 6.36. The summed E-state index contributed by atoms with van der Waals surface area (Å²) in [6, 6.07) is 5.31. The topological polar surface area (TPSA) is 107 Å². The summed E-state index contributed by atoms with van der Waals surface area (Å²) in [6.07, 6.45) is 0.0953. The Labute approximate surface area is 129 Å². The van der Waals surface area contributed by atoms with Crippen LogP contribution in [0.5, 0.6) is 5.75 Å². The summed E-state index contributed by atoms with van der Waals surface area (Å²) < 4.78 is 0. The van der Waals surface area contributed by atoms with Gasteiger partial charge in [-0.15, -0.1) is 0 Å². The molecule has 22 heavy (non-hydrogen) atoms. The van der Waals surface area contributed by atoms with E-state index in [0.717, 1.165) is 5.56 Å². The minimum atomic E-state index is -1.30. The monoisotopic (exact) mass is 309 g/mol. The van der Waals surface area contributed by atoms with E-state index >= 15 is 0 Å². The van der Waals surface area contributed by atoms with Gasteiger partial charge in [0.1, 0.15) is 11.8 Å². The number of aliphatic hydroxyl groups is 1. The van der Waals surface area contributed by atoms with Crippen LogP contribution in [0.15, 0.2) is 24.3 Å². The molecule has 4 N–H and O–H groups in total. The lowest BCUT2D eigenvalue weighted by Gasteiger charge is -2.31.